The van der Waals surface area contributed by atoms with Gasteiger partial charge in [0, 0.05) is 17.3 Å². The zero-order valence-electron chi connectivity index (χ0n) is 15.8. The van der Waals surface area contributed by atoms with Gasteiger partial charge in [-0.25, -0.2) is 8.42 Å². The molecule has 0 fully saturated rings. The lowest BCUT2D eigenvalue weighted by atomic mass is 10.2. The fourth-order valence-corrected chi connectivity index (χ4v) is 4.37. The van der Waals surface area contributed by atoms with Gasteiger partial charge in [0.15, 0.2) is 0 Å². The third kappa shape index (κ3) is 5.38. The van der Waals surface area contributed by atoms with E-state index < -0.39 is 15.9 Å². The first-order chi connectivity index (χ1) is 13.2. The molecule has 0 heterocycles. The Balaban J connectivity index is 2.17. The van der Waals surface area contributed by atoms with E-state index in [2.05, 4.69) is 5.32 Å². The summed E-state index contributed by atoms with van der Waals surface area (Å²) in [6.07, 6.45) is 0. The molecular formula is C19H22Cl2N2O4S. The first-order valence-corrected chi connectivity index (χ1v) is 10.9. The van der Waals surface area contributed by atoms with E-state index in [-0.39, 0.29) is 23.0 Å². The summed E-state index contributed by atoms with van der Waals surface area (Å²) in [4.78, 5) is 12.4. The second kappa shape index (κ2) is 9.60. The minimum atomic E-state index is -3.90. The highest BCUT2D eigenvalue weighted by Crippen LogP contribution is 2.29. The normalized spacial score (nSPS) is 11.5. The number of carbonyl (C=O) groups excluding carboxylic acids is 1. The molecule has 0 radical (unpaired) electrons. The minimum absolute atomic E-state index is 0.00557. The summed E-state index contributed by atoms with van der Waals surface area (Å²) < 4.78 is 32.2. The fraction of sp³-hybridized carbons (Fsp3) is 0.316. The Morgan fingerprint density at radius 3 is 2.39 bits per heavy atom. The summed E-state index contributed by atoms with van der Waals surface area (Å²) in [6, 6.07) is 9.33. The molecule has 0 bridgehead atoms. The molecular weight excluding hydrogens is 423 g/mol. The van der Waals surface area contributed by atoms with Crippen LogP contribution in [0.5, 0.6) is 5.75 Å². The van der Waals surface area contributed by atoms with Gasteiger partial charge in [0.2, 0.25) is 15.9 Å². The van der Waals surface area contributed by atoms with E-state index in [1.165, 1.54) is 18.2 Å². The van der Waals surface area contributed by atoms with Crippen molar-refractivity contribution in [2.75, 3.05) is 25.0 Å². The summed E-state index contributed by atoms with van der Waals surface area (Å²) in [5.41, 5.74) is 1.38. The van der Waals surface area contributed by atoms with Crippen molar-refractivity contribution in [1.29, 1.82) is 0 Å². The van der Waals surface area contributed by atoms with Gasteiger partial charge in [0.25, 0.3) is 0 Å². The smallest absolute Gasteiger partial charge is 0.243 e. The van der Waals surface area contributed by atoms with Crippen molar-refractivity contribution >= 4 is 44.8 Å². The molecule has 152 valence electrons. The average molecular weight is 445 g/mol. The highest BCUT2D eigenvalue weighted by molar-refractivity contribution is 7.89. The van der Waals surface area contributed by atoms with Crippen LogP contribution in [0.3, 0.4) is 0 Å². The van der Waals surface area contributed by atoms with Crippen molar-refractivity contribution in [3.8, 4) is 5.75 Å². The third-order valence-electron chi connectivity index (χ3n) is 3.97. The molecule has 2 rings (SSSR count). The van der Waals surface area contributed by atoms with Gasteiger partial charge in [-0.05, 0) is 49.7 Å². The highest BCUT2D eigenvalue weighted by atomic mass is 35.5. The van der Waals surface area contributed by atoms with Crippen LogP contribution in [-0.2, 0) is 14.8 Å². The van der Waals surface area contributed by atoms with E-state index in [0.29, 0.717) is 23.1 Å². The quantitative estimate of drug-likeness (QED) is 0.656. The standard InChI is InChI=1S/C19H22Cl2N2O4S/c1-4-23(12-19(24)22-14-7-6-13(3)16(20)10-14)28(25,26)15-8-9-18(27-5-2)17(21)11-15/h6-11H,4-5,12H2,1-3H3,(H,22,24). The number of amides is 1. The number of nitrogens with zero attached hydrogens (tertiary/aromatic N) is 1. The minimum Gasteiger partial charge on any atom is -0.492 e. The zero-order chi connectivity index (χ0) is 20.9. The van der Waals surface area contributed by atoms with Crippen LogP contribution < -0.4 is 10.1 Å². The lowest BCUT2D eigenvalue weighted by Gasteiger charge is -2.20. The van der Waals surface area contributed by atoms with Gasteiger partial charge in [0.05, 0.1) is 23.1 Å². The number of hydrogen-bond donors (Lipinski definition) is 1. The number of aryl methyl sites for hydroxylation is 1. The third-order valence-corrected chi connectivity index (χ3v) is 6.59. The van der Waals surface area contributed by atoms with Crippen molar-refractivity contribution in [1.82, 2.24) is 4.31 Å². The number of sulfonamides is 1. The molecule has 0 aliphatic carbocycles. The molecule has 0 atom stereocenters. The van der Waals surface area contributed by atoms with Crippen LogP contribution in [-0.4, -0.2) is 38.3 Å². The SMILES string of the molecule is CCOc1ccc(S(=O)(=O)N(CC)CC(=O)Nc2ccc(C)c(Cl)c2)cc1Cl. The topological polar surface area (TPSA) is 75.7 Å². The molecule has 0 saturated carbocycles. The van der Waals surface area contributed by atoms with Crippen LogP contribution in [0, 0.1) is 6.92 Å². The predicted molar refractivity (Wildman–Crippen MR) is 112 cm³/mol. The fourth-order valence-electron chi connectivity index (χ4n) is 2.46. The van der Waals surface area contributed by atoms with Crippen LogP contribution in [0.1, 0.15) is 19.4 Å². The molecule has 1 amide bonds. The van der Waals surface area contributed by atoms with Crippen LogP contribution >= 0.6 is 23.2 Å². The second-order valence-corrected chi connectivity index (χ2v) is 8.72. The van der Waals surface area contributed by atoms with Crippen LogP contribution in [0.15, 0.2) is 41.3 Å². The number of likely N-dealkylation sites (N-methyl/N-ethyl adjacent to an activating group) is 1. The number of benzene rings is 2. The molecule has 2 aromatic rings. The van der Waals surface area contributed by atoms with E-state index in [1.54, 1.807) is 32.0 Å². The molecule has 0 aliphatic heterocycles. The van der Waals surface area contributed by atoms with Crippen LogP contribution in [0.4, 0.5) is 5.69 Å². The van der Waals surface area contributed by atoms with Gasteiger partial charge >= 0.3 is 0 Å². The Kier molecular flexibility index (Phi) is 7.71. The molecule has 1 N–H and O–H groups in total. The Morgan fingerprint density at radius 2 is 1.82 bits per heavy atom. The van der Waals surface area contributed by atoms with Gasteiger partial charge in [-0.2, -0.15) is 4.31 Å². The molecule has 0 spiro atoms. The van der Waals surface area contributed by atoms with Crippen molar-refractivity contribution in [2.24, 2.45) is 0 Å². The zero-order valence-corrected chi connectivity index (χ0v) is 18.2. The monoisotopic (exact) mass is 444 g/mol. The molecule has 6 nitrogen and oxygen atoms in total. The Hall–Kier alpha value is -1.80. The molecule has 0 aromatic heterocycles. The van der Waals surface area contributed by atoms with Crippen molar-refractivity contribution < 1.29 is 17.9 Å². The van der Waals surface area contributed by atoms with Gasteiger partial charge in [-0.1, -0.05) is 36.2 Å². The number of ether oxygens (including phenoxy) is 1. The van der Waals surface area contributed by atoms with E-state index in [9.17, 15) is 13.2 Å². The number of rotatable bonds is 8. The molecule has 28 heavy (non-hydrogen) atoms. The molecule has 0 unspecified atom stereocenters. The van der Waals surface area contributed by atoms with E-state index in [0.717, 1.165) is 9.87 Å². The number of carbonyl (C=O) groups is 1. The first kappa shape index (κ1) is 22.5. The maximum Gasteiger partial charge on any atom is 0.243 e. The Morgan fingerprint density at radius 1 is 1.11 bits per heavy atom. The Labute approximate surface area is 175 Å². The lowest BCUT2D eigenvalue weighted by molar-refractivity contribution is -0.116. The van der Waals surface area contributed by atoms with Crippen LogP contribution in [0.2, 0.25) is 10.0 Å². The molecule has 0 saturated heterocycles. The van der Waals surface area contributed by atoms with E-state index in [4.69, 9.17) is 27.9 Å². The lowest BCUT2D eigenvalue weighted by Crippen LogP contribution is -2.37. The maximum atomic E-state index is 12.9. The summed E-state index contributed by atoms with van der Waals surface area (Å²) >= 11 is 12.2. The van der Waals surface area contributed by atoms with Gasteiger partial charge in [-0.3, -0.25) is 4.79 Å². The molecule has 0 aliphatic rings. The van der Waals surface area contributed by atoms with Gasteiger partial charge < -0.3 is 10.1 Å². The maximum absolute atomic E-state index is 12.9. The van der Waals surface area contributed by atoms with Gasteiger partial charge in [-0.15, -0.1) is 0 Å². The van der Waals surface area contributed by atoms with Gasteiger partial charge in [0.1, 0.15) is 5.75 Å². The van der Waals surface area contributed by atoms with Crippen LogP contribution in [0.25, 0.3) is 0 Å². The number of hydrogen-bond acceptors (Lipinski definition) is 4. The number of halogens is 2. The Bertz CT molecular complexity index is 964. The van der Waals surface area contributed by atoms with E-state index >= 15 is 0 Å². The summed E-state index contributed by atoms with van der Waals surface area (Å²) in [5.74, 6) is -0.0671. The molecule has 9 heteroatoms. The summed E-state index contributed by atoms with van der Waals surface area (Å²) in [7, 11) is -3.90. The number of nitrogens with one attached hydrogen (secondary N) is 1. The van der Waals surface area contributed by atoms with Crippen molar-refractivity contribution in [3.05, 3.63) is 52.0 Å². The van der Waals surface area contributed by atoms with Crippen molar-refractivity contribution in [3.63, 3.8) is 0 Å². The number of anilines is 1. The van der Waals surface area contributed by atoms with E-state index in [1.807, 2.05) is 6.92 Å². The summed E-state index contributed by atoms with van der Waals surface area (Å²) in [6.45, 7) is 5.51. The molecule has 2 aromatic carbocycles. The first-order valence-electron chi connectivity index (χ1n) is 8.67. The second-order valence-electron chi connectivity index (χ2n) is 5.97. The van der Waals surface area contributed by atoms with Crippen molar-refractivity contribution in [2.45, 2.75) is 25.7 Å². The largest absolute Gasteiger partial charge is 0.492 e. The summed E-state index contributed by atoms with van der Waals surface area (Å²) in [5, 5.41) is 3.37. The predicted octanol–water partition coefficient (Wildman–Crippen LogP) is 4.35. The average Bonchev–Trinajstić information content (AvgIpc) is 2.64. The highest BCUT2D eigenvalue weighted by Gasteiger charge is 2.26.